The number of aromatic amines is 1. The van der Waals surface area contributed by atoms with Crippen molar-refractivity contribution in [3.8, 4) is 5.69 Å². The number of unbranched alkanes of at least 4 members (excludes halogenated alkanes) is 1. The van der Waals surface area contributed by atoms with Crippen molar-refractivity contribution in [3.63, 3.8) is 0 Å². The Balaban J connectivity index is 2.56. The number of H-pyrrole nitrogens is 1. The molecule has 1 aromatic heterocycles. The molecular weight excluding hydrogens is 322 g/mol. The fourth-order valence-corrected chi connectivity index (χ4v) is 2.64. The van der Waals surface area contributed by atoms with Gasteiger partial charge < -0.3 is 15.0 Å². The van der Waals surface area contributed by atoms with Crippen LogP contribution in [0, 0.1) is 0 Å². The molecule has 0 saturated carbocycles. The zero-order valence-corrected chi connectivity index (χ0v) is 14.7. The van der Waals surface area contributed by atoms with E-state index in [0.717, 1.165) is 29.4 Å². The minimum absolute atomic E-state index is 0.0483. The lowest BCUT2D eigenvalue weighted by atomic mass is 10.1. The molecule has 0 aliphatic rings. The van der Waals surface area contributed by atoms with Gasteiger partial charge >= 0.3 is 11.7 Å². The lowest BCUT2D eigenvalue weighted by Gasteiger charge is -2.14. The first-order valence-electron chi connectivity index (χ1n) is 8.20. The Morgan fingerprint density at radius 3 is 2.36 bits per heavy atom. The van der Waals surface area contributed by atoms with Crippen LogP contribution in [0.15, 0.2) is 33.9 Å². The molecule has 2 aromatic rings. The number of hydrogen-bond acceptors (Lipinski definition) is 4. The van der Waals surface area contributed by atoms with Crippen molar-refractivity contribution < 1.29 is 9.90 Å². The predicted octanol–water partition coefficient (Wildman–Crippen LogP) is 1.63. The first-order valence-corrected chi connectivity index (χ1v) is 8.20. The number of carboxylic acid groups (broad SMARTS) is 1. The van der Waals surface area contributed by atoms with E-state index in [-0.39, 0.29) is 17.8 Å². The molecule has 25 heavy (non-hydrogen) atoms. The summed E-state index contributed by atoms with van der Waals surface area (Å²) in [5, 5.41) is 9.27. The third-order valence-electron chi connectivity index (χ3n) is 3.90. The highest BCUT2D eigenvalue weighted by Crippen LogP contribution is 2.10. The third kappa shape index (κ3) is 4.24. The fourth-order valence-electron chi connectivity index (χ4n) is 2.64. The molecular formula is C18H23N3O4. The molecule has 7 nitrogen and oxygen atoms in total. The maximum Gasteiger partial charge on any atom is 0.352 e. The van der Waals surface area contributed by atoms with E-state index in [1.807, 2.05) is 12.1 Å². The summed E-state index contributed by atoms with van der Waals surface area (Å²) in [7, 11) is 3.45. The average Bonchev–Trinajstić information content (AvgIpc) is 2.56. The van der Waals surface area contributed by atoms with Gasteiger partial charge in [0.05, 0.1) is 11.3 Å². The SMILES string of the molecule is CCCCc1ccc(-n2c(=O)[nH]c(C(=O)O)c(CN(C)C)c2=O)cc1. The normalized spacial score (nSPS) is 11.0. The van der Waals surface area contributed by atoms with Crippen LogP contribution in [0.25, 0.3) is 5.69 Å². The van der Waals surface area contributed by atoms with Gasteiger partial charge in [0.15, 0.2) is 0 Å². The van der Waals surface area contributed by atoms with Gasteiger partial charge in [0.2, 0.25) is 0 Å². The van der Waals surface area contributed by atoms with Crippen LogP contribution >= 0.6 is 0 Å². The summed E-state index contributed by atoms with van der Waals surface area (Å²) in [5.74, 6) is -1.33. The molecule has 2 rings (SSSR count). The Bertz CT molecular complexity index is 863. The number of aryl methyl sites for hydroxylation is 1. The number of nitrogens with one attached hydrogen (secondary N) is 1. The van der Waals surface area contributed by atoms with Crippen molar-refractivity contribution in [2.75, 3.05) is 14.1 Å². The number of nitrogens with zero attached hydrogens (tertiary/aromatic N) is 2. The Morgan fingerprint density at radius 2 is 1.84 bits per heavy atom. The molecule has 1 heterocycles. The summed E-state index contributed by atoms with van der Waals surface area (Å²) in [4.78, 5) is 40.4. The summed E-state index contributed by atoms with van der Waals surface area (Å²) in [5.41, 5.74) is -0.136. The second-order valence-electron chi connectivity index (χ2n) is 6.24. The molecule has 0 atom stereocenters. The van der Waals surface area contributed by atoms with Crippen LogP contribution in [0.2, 0.25) is 0 Å². The smallest absolute Gasteiger partial charge is 0.352 e. The molecule has 0 bridgehead atoms. The molecule has 0 radical (unpaired) electrons. The highest BCUT2D eigenvalue weighted by atomic mass is 16.4. The molecule has 0 aliphatic carbocycles. The van der Waals surface area contributed by atoms with Gasteiger partial charge in [-0.05, 0) is 44.6 Å². The predicted molar refractivity (Wildman–Crippen MR) is 95.6 cm³/mol. The molecule has 0 spiro atoms. The van der Waals surface area contributed by atoms with Gasteiger partial charge in [-0.2, -0.15) is 0 Å². The summed E-state index contributed by atoms with van der Waals surface area (Å²) >= 11 is 0. The number of carbonyl (C=O) groups is 1. The Morgan fingerprint density at radius 1 is 1.20 bits per heavy atom. The summed E-state index contributed by atoms with van der Waals surface area (Å²) in [6, 6.07) is 7.18. The van der Waals surface area contributed by atoms with Gasteiger partial charge in [-0.25, -0.2) is 14.2 Å². The standard InChI is InChI=1S/C18H23N3O4/c1-4-5-6-12-7-9-13(10-8-12)21-16(22)14(11-20(2)3)15(17(23)24)19-18(21)25/h7-10H,4-6,11H2,1-3H3,(H,19,25)(H,23,24). The van der Waals surface area contributed by atoms with Crippen LogP contribution in [-0.4, -0.2) is 39.6 Å². The van der Waals surface area contributed by atoms with Crippen LogP contribution < -0.4 is 11.2 Å². The highest BCUT2D eigenvalue weighted by Gasteiger charge is 2.20. The summed E-state index contributed by atoms with van der Waals surface area (Å²) < 4.78 is 0.981. The molecule has 0 fully saturated rings. The number of benzene rings is 1. The van der Waals surface area contributed by atoms with Crippen molar-refractivity contribution in [1.82, 2.24) is 14.5 Å². The molecule has 7 heteroatoms. The van der Waals surface area contributed by atoms with E-state index in [1.165, 1.54) is 0 Å². The molecule has 1 aromatic carbocycles. The highest BCUT2D eigenvalue weighted by molar-refractivity contribution is 5.86. The lowest BCUT2D eigenvalue weighted by molar-refractivity contribution is 0.0687. The van der Waals surface area contributed by atoms with Crippen molar-refractivity contribution >= 4 is 5.97 Å². The van der Waals surface area contributed by atoms with Crippen LogP contribution in [0.5, 0.6) is 0 Å². The third-order valence-corrected chi connectivity index (χ3v) is 3.90. The first kappa shape index (κ1) is 18.7. The topological polar surface area (TPSA) is 95.4 Å². The Kier molecular flexibility index (Phi) is 5.93. The van der Waals surface area contributed by atoms with Gasteiger partial charge in [-0.15, -0.1) is 0 Å². The van der Waals surface area contributed by atoms with E-state index < -0.39 is 17.2 Å². The summed E-state index contributed by atoms with van der Waals surface area (Å²) in [6.07, 6.45) is 3.09. The maximum absolute atomic E-state index is 12.8. The molecule has 134 valence electrons. The number of hydrogen-bond donors (Lipinski definition) is 2. The van der Waals surface area contributed by atoms with Crippen LogP contribution in [0.3, 0.4) is 0 Å². The number of carboxylic acids is 1. The molecule has 0 saturated heterocycles. The zero-order valence-electron chi connectivity index (χ0n) is 14.7. The minimum atomic E-state index is -1.33. The molecule has 2 N–H and O–H groups in total. The maximum atomic E-state index is 12.8. The van der Waals surface area contributed by atoms with E-state index in [9.17, 15) is 19.5 Å². The van der Waals surface area contributed by atoms with E-state index in [1.54, 1.807) is 31.1 Å². The van der Waals surface area contributed by atoms with Gasteiger partial charge in [0, 0.05) is 6.54 Å². The first-order chi connectivity index (χ1) is 11.8. The van der Waals surface area contributed by atoms with Crippen molar-refractivity contribution in [2.45, 2.75) is 32.7 Å². The Hall–Kier alpha value is -2.67. The number of rotatable bonds is 7. The van der Waals surface area contributed by atoms with Gasteiger partial charge in [-0.1, -0.05) is 25.5 Å². The van der Waals surface area contributed by atoms with Crippen LogP contribution in [-0.2, 0) is 13.0 Å². The van der Waals surface area contributed by atoms with Gasteiger partial charge in [-0.3, -0.25) is 4.79 Å². The van der Waals surface area contributed by atoms with E-state index in [2.05, 4.69) is 11.9 Å². The second-order valence-corrected chi connectivity index (χ2v) is 6.24. The Labute approximate surface area is 145 Å². The molecule has 0 amide bonds. The van der Waals surface area contributed by atoms with Gasteiger partial charge in [0.25, 0.3) is 5.56 Å². The number of aromatic nitrogens is 2. The largest absolute Gasteiger partial charge is 0.477 e. The number of aromatic carboxylic acids is 1. The van der Waals surface area contributed by atoms with Crippen molar-refractivity contribution in [2.24, 2.45) is 0 Å². The average molecular weight is 345 g/mol. The van der Waals surface area contributed by atoms with E-state index >= 15 is 0 Å². The van der Waals surface area contributed by atoms with E-state index in [0.29, 0.717) is 5.69 Å². The molecule has 0 aliphatic heterocycles. The van der Waals surface area contributed by atoms with Crippen LogP contribution in [0.1, 0.15) is 41.4 Å². The second kappa shape index (κ2) is 7.94. The van der Waals surface area contributed by atoms with E-state index in [4.69, 9.17) is 0 Å². The molecule has 0 unspecified atom stereocenters. The van der Waals surface area contributed by atoms with Crippen LogP contribution in [0.4, 0.5) is 0 Å². The van der Waals surface area contributed by atoms with Crippen molar-refractivity contribution in [1.29, 1.82) is 0 Å². The zero-order chi connectivity index (χ0) is 18.6. The minimum Gasteiger partial charge on any atom is -0.477 e. The fraction of sp³-hybridized carbons (Fsp3) is 0.389. The summed E-state index contributed by atoms with van der Waals surface area (Å²) in [6.45, 7) is 2.23. The van der Waals surface area contributed by atoms with Gasteiger partial charge in [0.1, 0.15) is 5.69 Å². The van der Waals surface area contributed by atoms with Crippen molar-refractivity contribution in [3.05, 3.63) is 61.9 Å². The quantitative estimate of drug-likeness (QED) is 0.795. The lowest BCUT2D eigenvalue weighted by Crippen LogP contribution is -2.39. The monoisotopic (exact) mass is 345 g/mol.